The van der Waals surface area contributed by atoms with Crippen molar-refractivity contribution in [2.75, 3.05) is 5.01 Å². The average molecular weight is 300 g/mol. The Morgan fingerprint density at radius 2 is 1.71 bits per heavy atom. The molecule has 0 saturated carbocycles. The van der Waals surface area contributed by atoms with Crippen molar-refractivity contribution in [2.45, 2.75) is 25.1 Å². The molecule has 2 aromatic carbocycles. The van der Waals surface area contributed by atoms with Crippen LogP contribution in [0, 0.1) is 13.8 Å². The summed E-state index contributed by atoms with van der Waals surface area (Å²) in [6, 6.07) is 16.9. The summed E-state index contributed by atoms with van der Waals surface area (Å²) >= 11 is 1.85. The Balaban J connectivity index is 1.71. The molecule has 0 aliphatic carbocycles. The monoisotopic (exact) mass is 300 g/mol. The van der Waals surface area contributed by atoms with Gasteiger partial charge in [0, 0.05) is 5.75 Å². The van der Waals surface area contributed by atoms with Gasteiger partial charge in [-0.1, -0.05) is 42.5 Å². The van der Waals surface area contributed by atoms with Gasteiger partial charge < -0.3 is 0 Å². The minimum absolute atomic E-state index is 0.144. The molecular weight excluding hydrogens is 280 g/mol. The van der Waals surface area contributed by atoms with Crippen LogP contribution in [-0.2, 0) is 5.75 Å². The maximum absolute atomic E-state index is 3.25. The van der Waals surface area contributed by atoms with Crippen molar-refractivity contribution in [1.82, 2.24) is 16.5 Å². The largest absolute Gasteiger partial charge is 0.266 e. The minimum Gasteiger partial charge on any atom is -0.266 e. The molecule has 0 radical (unpaired) electrons. The van der Waals surface area contributed by atoms with Crippen molar-refractivity contribution in [3.8, 4) is 0 Å². The molecule has 1 aliphatic rings. The van der Waals surface area contributed by atoms with Gasteiger partial charge in [-0.05, 0) is 36.6 Å². The zero-order valence-corrected chi connectivity index (χ0v) is 13.1. The second kappa shape index (κ2) is 6.49. The third kappa shape index (κ3) is 3.22. The second-order valence-electron chi connectivity index (χ2n) is 5.13. The van der Waals surface area contributed by atoms with Crippen molar-refractivity contribution >= 4 is 17.4 Å². The number of para-hydroxylation sites is 1. The summed E-state index contributed by atoms with van der Waals surface area (Å²) in [5, 5.41) is 2.12. The van der Waals surface area contributed by atoms with E-state index >= 15 is 0 Å². The maximum Gasteiger partial charge on any atom is 0.157 e. The first-order valence-corrected chi connectivity index (χ1v) is 8.08. The van der Waals surface area contributed by atoms with Gasteiger partial charge >= 0.3 is 0 Å². The maximum atomic E-state index is 3.25. The summed E-state index contributed by atoms with van der Waals surface area (Å²) in [5.41, 5.74) is 14.7. The molecule has 4 nitrogen and oxygen atoms in total. The Hall–Kier alpha value is -1.53. The molecule has 1 aliphatic heterocycles. The van der Waals surface area contributed by atoms with Gasteiger partial charge in [0.15, 0.2) is 5.50 Å². The molecule has 1 heterocycles. The van der Waals surface area contributed by atoms with Gasteiger partial charge in [0.05, 0.1) is 5.69 Å². The molecule has 0 bridgehead atoms. The van der Waals surface area contributed by atoms with Gasteiger partial charge in [-0.3, -0.25) is 5.01 Å². The van der Waals surface area contributed by atoms with Crippen molar-refractivity contribution in [1.29, 1.82) is 0 Å². The summed E-state index contributed by atoms with van der Waals surface area (Å²) < 4.78 is 0. The molecule has 1 saturated heterocycles. The van der Waals surface area contributed by atoms with Crippen LogP contribution in [0.2, 0.25) is 0 Å². The Kier molecular flexibility index (Phi) is 4.45. The molecule has 3 N–H and O–H groups in total. The lowest BCUT2D eigenvalue weighted by molar-refractivity contribution is 0.579. The lowest BCUT2D eigenvalue weighted by atomic mass is 10.1. The SMILES string of the molecule is Cc1ccccc1CSC1NNNN1c1ccccc1C. The number of thioether (sulfide) groups is 1. The van der Waals surface area contributed by atoms with Gasteiger partial charge in [-0.25, -0.2) is 5.43 Å². The zero-order valence-electron chi connectivity index (χ0n) is 12.3. The minimum atomic E-state index is 0.144. The van der Waals surface area contributed by atoms with Crippen molar-refractivity contribution < 1.29 is 0 Å². The molecule has 0 spiro atoms. The fourth-order valence-corrected chi connectivity index (χ4v) is 3.47. The number of anilines is 1. The highest BCUT2D eigenvalue weighted by Gasteiger charge is 2.25. The number of rotatable bonds is 4. The lowest BCUT2D eigenvalue weighted by Crippen LogP contribution is -2.39. The quantitative estimate of drug-likeness (QED) is 0.810. The third-order valence-electron chi connectivity index (χ3n) is 3.64. The van der Waals surface area contributed by atoms with E-state index in [1.54, 1.807) is 0 Å². The molecule has 2 aromatic rings. The smallest absolute Gasteiger partial charge is 0.157 e. The second-order valence-corrected chi connectivity index (χ2v) is 6.20. The van der Waals surface area contributed by atoms with Gasteiger partial charge in [0.2, 0.25) is 0 Å². The van der Waals surface area contributed by atoms with Crippen molar-refractivity contribution in [3.05, 3.63) is 65.2 Å². The van der Waals surface area contributed by atoms with Crippen LogP contribution in [0.1, 0.15) is 16.7 Å². The van der Waals surface area contributed by atoms with Crippen molar-refractivity contribution in [3.63, 3.8) is 0 Å². The Labute approximate surface area is 129 Å². The van der Waals surface area contributed by atoms with Crippen LogP contribution in [0.25, 0.3) is 0 Å². The lowest BCUT2D eigenvalue weighted by Gasteiger charge is -2.25. The molecule has 1 fully saturated rings. The highest BCUT2D eigenvalue weighted by Crippen LogP contribution is 2.27. The van der Waals surface area contributed by atoms with E-state index in [9.17, 15) is 0 Å². The van der Waals surface area contributed by atoms with Crippen LogP contribution in [0.15, 0.2) is 48.5 Å². The van der Waals surface area contributed by atoms with Gasteiger partial charge in [0.1, 0.15) is 0 Å². The van der Waals surface area contributed by atoms with Gasteiger partial charge in [-0.15, -0.1) is 11.8 Å². The average Bonchev–Trinajstić information content (AvgIpc) is 2.95. The number of hydrogen-bond acceptors (Lipinski definition) is 5. The fraction of sp³-hybridized carbons (Fsp3) is 0.250. The predicted octanol–water partition coefficient (Wildman–Crippen LogP) is 2.85. The molecule has 3 rings (SSSR count). The Morgan fingerprint density at radius 3 is 2.48 bits per heavy atom. The summed E-state index contributed by atoms with van der Waals surface area (Å²) in [5.74, 6) is 0.968. The molecular formula is C16H20N4S. The molecule has 1 atom stereocenters. The van der Waals surface area contributed by atoms with E-state index in [0.29, 0.717) is 0 Å². The summed E-state index contributed by atoms with van der Waals surface area (Å²) in [6.07, 6.45) is 0. The standard InChI is InChI=1S/C16H20N4S/c1-12-7-3-5-9-14(12)11-21-16-17-18-19-20(16)15-10-6-4-8-13(15)2/h3-10,16-19H,11H2,1-2H3. The highest BCUT2D eigenvalue weighted by atomic mass is 32.2. The Morgan fingerprint density at radius 1 is 1.00 bits per heavy atom. The first kappa shape index (κ1) is 14.4. The normalized spacial score (nSPS) is 18.2. The number of hydrogen-bond donors (Lipinski definition) is 3. The van der Waals surface area contributed by atoms with Crippen molar-refractivity contribution in [2.24, 2.45) is 0 Å². The van der Waals surface area contributed by atoms with Crippen LogP contribution in [0.3, 0.4) is 0 Å². The highest BCUT2D eigenvalue weighted by molar-refractivity contribution is 7.99. The van der Waals surface area contributed by atoms with Crippen LogP contribution in [0.4, 0.5) is 5.69 Å². The van der Waals surface area contributed by atoms with E-state index in [2.05, 4.69) is 83.9 Å². The predicted molar refractivity (Wildman–Crippen MR) is 89.3 cm³/mol. The molecule has 21 heavy (non-hydrogen) atoms. The van der Waals surface area contributed by atoms with Gasteiger partial charge in [0.25, 0.3) is 0 Å². The number of nitrogens with zero attached hydrogens (tertiary/aromatic N) is 1. The first-order valence-electron chi connectivity index (χ1n) is 7.03. The summed E-state index contributed by atoms with van der Waals surface area (Å²) in [7, 11) is 0. The number of aryl methyl sites for hydroxylation is 2. The van der Waals surface area contributed by atoms with E-state index in [1.165, 1.54) is 22.4 Å². The third-order valence-corrected chi connectivity index (χ3v) is 4.76. The molecule has 110 valence electrons. The number of hydrazine groups is 3. The van der Waals surface area contributed by atoms with E-state index in [0.717, 1.165) is 5.75 Å². The Bertz CT molecular complexity index is 617. The molecule has 5 heteroatoms. The first-order chi connectivity index (χ1) is 10.3. The zero-order chi connectivity index (χ0) is 14.7. The van der Waals surface area contributed by atoms with E-state index < -0.39 is 0 Å². The topological polar surface area (TPSA) is 39.3 Å². The van der Waals surface area contributed by atoms with Crippen LogP contribution < -0.4 is 21.5 Å². The summed E-state index contributed by atoms with van der Waals surface area (Å²) in [4.78, 5) is 0. The van der Waals surface area contributed by atoms with Gasteiger partial charge in [-0.2, -0.15) is 11.1 Å². The number of nitrogens with one attached hydrogen (secondary N) is 3. The molecule has 0 aromatic heterocycles. The van der Waals surface area contributed by atoms with E-state index in [1.807, 2.05) is 11.8 Å². The van der Waals surface area contributed by atoms with E-state index in [-0.39, 0.29) is 5.50 Å². The van der Waals surface area contributed by atoms with E-state index in [4.69, 9.17) is 0 Å². The number of benzene rings is 2. The molecule has 1 unspecified atom stereocenters. The van der Waals surface area contributed by atoms with Crippen LogP contribution >= 0.6 is 11.8 Å². The summed E-state index contributed by atoms with van der Waals surface area (Å²) in [6.45, 7) is 4.28. The fourth-order valence-electron chi connectivity index (χ4n) is 2.35. The van der Waals surface area contributed by atoms with Crippen LogP contribution in [-0.4, -0.2) is 5.50 Å². The van der Waals surface area contributed by atoms with Crippen LogP contribution in [0.5, 0.6) is 0 Å². The molecule has 0 amide bonds.